The first-order valence-electron chi connectivity index (χ1n) is 17.6. The molecule has 45 heavy (non-hydrogen) atoms. The minimum atomic E-state index is -4.60. The van der Waals surface area contributed by atoms with Crippen LogP contribution in [-0.4, -0.2) is 65.7 Å². The second kappa shape index (κ2) is 31.3. The summed E-state index contributed by atoms with van der Waals surface area (Å²) >= 11 is 0. The van der Waals surface area contributed by atoms with Gasteiger partial charge in [-0.3, -0.25) is 18.6 Å². The van der Waals surface area contributed by atoms with Gasteiger partial charge >= 0.3 is 19.8 Å². The number of hydrogen-bond acceptors (Lipinski definition) is 9. The third kappa shape index (κ3) is 31.1. The Bertz CT molecular complexity index is 776. The first-order valence-corrected chi connectivity index (χ1v) is 19.1. The minimum absolute atomic E-state index is 0.177. The van der Waals surface area contributed by atoms with Gasteiger partial charge < -0.3 is 24.6 Å². The van der Waals surface area contributed by atoms with Crippen LogP contribution in [0.3, 0.4) is 0 Å². The molecular weight excluding hydrogens is 599 g/mol. The predicted octanol–water partition coefficient (Wildman–Crippen LogP) is 8.11. The Kier molecular flexibility index (Phi) is 30.4. The summed E-state index contributed by atoms with van der Waals surface area (Å²) in [5.74, 6) is -0.943. The van der Waals surface area contributed by atoms with Crippen LogP contribution in [0.1, 0.15) is 155 Å². The highest BCUT2D eigenvalue weighted by Gasteiger charge is 2.27. The first-order chi connectivity index (χ1) is 21.7. The number of rotatable bonds is 33. The van der Waals surface area contributed by atoms with Crippen LogP contribution in [0.15, 0.2) is 12.2 Å². The molecule has 3 atom stereocenters. The van der Waals surface area contributed by atoms with Crippen molar-refractivity contribution in [2.45, 2.75) is 167 Å². The second-order valence-electron chi connectivity index (χ2n) is 11.9. The van der Waals surface area contributed by atoms with Gasteiger partial charge in [-0.15, -0.1) is 0 Å². The van der Waals surface area contributed by atoms with Crippen LogP contribution in [0, 0.1) is 0 Å². The van der Waals surface area contributed by atoms with Crippen LogP contribution in [-0.2, 0) is 32.7 Å². The molecule has 0 rings (SSSR count). The molecule has 0 heterocycles. The van der Waals surface area contributed by atoms with Crippen LogP contribution in [0.4, 0.5) is 0 Å². The number of esters is 2. The summed E-state index contributed by atoms with van der Waals surface area (Å²) in [6, 6.07) is 0. The molecule has 0 bridgehead atoms. The summed E-state index contributed by atoms with van der Waals surface area (Å²) in [7, 11) is -4.60. The number of carbonyl (C=O) groups is 2. The lowest BCUT2D eigenvalue weighted by atomic mass is 10.1. The molecule has 3 unspecified atom stereocenters. The number of hydrogen-bond donors (Lipinski definition) is 3. The number of phosphoric acid groups is 1. The Balaban J connectivity index is 4.32. The van der Waals surface area contributed by atoms with Gasteiger partial charge in [-0.1, -0.05) is 116 Å². The number of aliphatic hydroxyl groups is 2. The van der Waals surface area contributed by atoms with Gasteiger partial charge in [0, 0.05) is 12.8 Å². The van der Waals surface area contributed by atoms with Crippen molar-refractivity contribution in [1.29, 1.82) is 0 Å². The third-order valence-corrected chi connectivity index (χ3v) is 8.37. The normalized spacial score (nSPS) is 14.3. The average molecular weight is 665 g/mol. The lowest BCUT2D eigenvalue weighted by Gasteiger charge is -2.20. The van der Waals surface area contributed by atoms with E-state index in [0.29, 0.717) is 12.8 Å². The Hall–Kier alpha value is -1.29. The highest BCUT2D eigenvalue weighted by Crippen LogP contribution is 2.43. The highest BCUT2D eigenvalue weighted by atomic mass is 31.2. The topological polar surface area (TPSA) is 149 Å². The molecule has 0 aliphatic carbocycles. The van der Waals surface area contributed by atoms with Gasteiger partial charge in [-0.25, -0.2) is 4.57 Å². The molecular formula is C34H65O10P. The molecule has 10 nitrogen and oxygen atoms in total. The molecule has 0 saturated heterocycles. The fourth-order valence-electron chi connectivity index (χ4n) is 4.63. The zero-order valence-electron chi connectivity index (χ0n) is 28.3. The third-order valence-electron chi connectivity index (χ3n) is 7.42. The van der Waals surface area contributed by atoms with Gasteiger partial charge in [0.2, 0.25) is 0 Å². The molecule has 0 aliphatic heterocycles. The van der Waals surface area contributed by atoms with Crippen molar-refractivity contribution in [3.63, 3.8) is 0 Å². The lowest BCUT2D eigenvalue weighted by molar-refractivity contribution is -0.161. The zero-order valence-corrected chi connectivity index (χ0v) is 29.2. The van der Waals surface area contributed by atoms with E-state index in [1.807, 2.05) is 0 Å². The van der Waals surface area contributed by atoms with Crippen LogP contribution < -0.4 is 0 Å². The molecule has 0 aromatic carbocycles. The summed E-state index contributed by atoms with van der Waals surface area (Å²) in [6.45, 7) is 2.28. The molecule has 0 radical (unpaired) electrons. The summed E-state index contributed by atoms with van der Waals surface area (Å²) in [5, 5.41) is 18.2. The number of aliphatic hydroxyl groups excluding tert-OH is 2. The maximum absolute atomic E-state index is 12.5. The van der Waals surface area contributed by atoms with Crippen molar-refractivity contribution >= 4 is 19.8 Å². The largest absolute Gasteiger partial charge is 0.472 e. The smallest absolute Gasteiger partial charge is 0.462 e. The Morgan fingerprint density at radius 3 is 1.60 bits per heavy atom. The van der Waals surface area contributed by atoms with E-state index < -0.39 is 51.8 Å². The fourth-order valence-corrected chi connectivity index (χ4v) is 5.42. The monoisotopic (exact) mass is 664 g/mol. The summed E-state index contributed by atoms with van der Waals surface area (Å²) in [6.07, 6.45) is 25.0. The second-order valence-corrected chi connectivity index (χ2v) is 13.4. The number of unbranched alkanes of at least 4 members (excludes halogenated alkanes) is 17. The van der Waals surface area contributed by atoms with E-state index in [0.717, 1.165) is 64.2 Å². The van der Waals surface area contributed by atoms with Gasteiger partial charge in [0.05, 0.1) is 19.8 Å². The molecule has 0 spiro atoms. The van der Waals surface area contributed by atoms with Crippen LogP contribution in [0.25, 0.3) is 0 Å². The van der Waals surface area contributed by atoms with Gasteiger partial charge in [-0.2, -0.15) is 0 Å². The summed E-state index contributed by atoms with van der Waals surface area (Å²) < 4.78 is 32.3. The zero-order chi connectivity index (χ0) is 33.4. The van der Waals surface area contributed by atoms with Crippen LogP contribution in [0.5, 0.6) is 0 Å². The van der Waals surface area contributed by atoms with E-state index in [1.54, 1.807) is 0 Å². The van der Waals surface area contributed by atoms with Gasteiger partial charge in [0.25, 0.3) is 0 Å². The highest BCUT2D eigenvalue weighted by molar-refractivity contribution is 7.47. The number of ether oxygens (including phenoxy) is 2. The van der Waals surface area contributed by atoms with Crippen molar-refractivity contribution in [3.8, 4) is 0 Å². The maximum atomic E-state index is 12.5. The molecule has 0 fully saturated rings. The molecule has 3 N–H and O–H groups in total. The van der Waals surface area contributed by atoms with Crippen molar-refractivity contribution in [3.05, 3.63) is 12.2 Å². The number of allylic oxidation sites excluding steroid dienone is 2. The van der Waals surface area contributed by atoms with E-state index in [2.05, 4.69) is 30.5 Å². The molecule has 0 aliphatic rings. The maximum Gasteiger partial charge on any atom is 0.472 e. The predicted molar refractivity (Wildman–Crippen MR) is 178 cm³/mol. The molecule has 0 saturated carbocycles. The first kappa shape index (κ1) is 43.7. The van der Waals surface area contributed by atoms with E-state index >= 15 is 0 Å². The SMILES string of the molecule is CCCCCCCCC/C=C\CCCCCCCC(=O)OC(COC(=O)CCCCCCCC)COP(=O)(O)OCC(O)CO. The van der Waals surface area contributed by atoms with Crippen molar-refractivity contribution in [2.75, 3.05) is 26.4 Å². The van der Waals surface area contributed by atoms with Gasteiger partial charge in [0.1, 0.15) is 12.7 Å². The standard InChI is InChI=1S/C34H65O10P/c1-3-5-7-9-11-12-13-14-15-16-17-18-19-20-22-24-26-34(38)44-32(30-43-45(39,40)42-28-31(36)27-35)29-41-33(37)25-23-21-10-8-6-4-2/h15-16,31-32,35-36H,3-14,17-30H2,1-2H3,(H,39,40)/b16-15-. The molecule has 11 heteroatoms. The molecule has 266 valence electrons. The number of carbonyl (C=O) groups excluding carboxylic acids is 2. The van der Waals surface area contributed by atoms with E-state index in [4.69, 9.17) is 19.1 Å². The number of phosphoric ester groups is 1. The van der Waals surface area contributed by atoms with Crippen molar-refractivity contribution in [1.82, 2.24) is 0 Å². The van der Waals surface area contributed by atoms with Crippen molar-refractivity contribution < 1.29 is 47.8 Å². The Morgan fingerprint density at radius 1 is 0.644 bits per heavy atom. The molecule has 0 amide bonds. The molecule has 0 aromatic heterocycles. The average Bonchev–Trinajstić information content (AvgIpc) is 3.02. The lowest BCUT2D eigenvalue weighted by Crippen LogP contribution is -2.29. The van der Waals surface area contributed by atoms with E-state index in [9.17, 15) is 24.2 Å². The fraction of sp³-hybridized carbons (Fsp3) is 0.882. The minimum Gasteiger partial charge on any atom is -0.462 e. The van der Waals surface area contributed by atoms with Crippen LogP contribution in [0.2, 0.25) is 0 Å². The molecule has 0 aromatic rings. The Morgan fingerprint density at radius 2 is 1.09 bits per heavy atom. The summed E-state index contributed by atoms with van der Waals surface area (Å²) in [4.78, 5) is 34.5. The van der Waals surface area contributed by atoms with Crippen LogP contribution >= 0.6 is 7.82 Å². The summed E-state index contributed by atoms with van der Waals surface area (Å²) in [5.41, 5.74) is 0. The van der Waals surface area contributed by atoms with E-state index in [1.165, 1.54) is 51.4 Å². The van der Waals surface area contributed by atoms with Crippen molar-refractivity contribution in [2.24, 2.45) is 0 Å². The van der Waals surface area contributed by atoms with Gasteiger partial charge in [-0.05, 0) is 38.5 Å². The Labute approximate surface area is 273 Å². The van der Waals surface area contributed by atoms with Gasteiger partial charge in [0.15, 0.2) is 6.10 Å². The quantitative estimate of drug-likeness (QED) is 0.0272. The van der Waals surface area contributed by atoms with E-state index in [-0.39, 0.29) is 19.4 Å².